The van der Waals surface area contributed by atoms with Crippen molar-refractivity contribution >= 4 is 11.9 Å². The van der Waals surface area contributed by atoms with Crippen molar-refractivity contribution in [3.63, 3.8) is 0 Å². The Labute approximate surface area is 216 Å². The molecule has 0 saturated heterocycles. The molecule has 4 aromatic rings. The van der Waals surface area contributed by atoms with Crippen molar-refractivity contribution in [3.8, 4) is 22.8 Å². The van der Waals surface area contributed by atoms with Crippen LogP contribution in [-0.4, -0.2) is 49.5 Å². The van der Waals surface area contributed by atoms with Crippen LogP contribution in [0.2, 0.25) is 0 Å². The summed E-state index contributed by atoms with van der Waals surface area (Å²) in [6.45, 7) is 2.18. The number of imidazole rings is 2. The molecule has 194 valence electrons. The Hall–Kier alpha value is -4.24. The number of esters is 1. The van der Waals surface area contributed by atoms with E-state index in [1.54, 1.807) is 29.4 Å². The highest BCUT2D eigenvalue weighted by atomic mass is 16.7. The molecule has 4 rings (SSSR count). The third-order valence-electron chi connectivity index (χ3n) is 5.23. The lowest BCUT2D eigenvalue weighted by Crippen LogP contribution is -2.16. The van der Waals surface area contributed by atoms with Crippen molar-refractivity contribution < 1.29 is 24.3 Å². The molecule has 1 N–H and O–H groups in total. The third kappa shape index (κ3) is 9.05. The van der Waals surface area contributed by atoms with Crippen LogP contribution >= 0.6 is 0 Å². The summed E-state index contributed by atoms with van der Waals surface area (Å²) in [5.41, 5.74) is 1.88. The van der Waals surface area contributed by atoms with Crippen LogP contribution in [0.1, 0.15) is 32.6 Å². The Kier molecular flexibility index (Phi) is 11.1. The van der Waals surface area contributed by atoms with Gasteiger partial charge in [-0.3, -0.25) is 4.79 Å². The Bertz CT molecular complexity index is 1220. The summed E-state index contributed by atoms with van der Waals surface area (Å²) in [5.74, 6) is 0.758. The molecule has 0 saturated carbocycles. The van der Waals surface area contributed by atoms with Crippen molar-refractivity contribution in [2.45, 2.75) is 39.2 Å². The van der Waals surface area contributed by atoms with Crippen molar-refractivity contribution in [1.29, 1.82) is 0 Å². The van der Waals surface area contributed by atoms with Gasteiger partial charge in [0.05, 0.1) is 12.8 Å². The van der Waals surface area contributed by atoms with Crippen LogP contribution in [0.4, 0.5) is 0 Å². The standard InChI is InChI=1S/C17H22N2O3.C11H10N2O2/c20-12-6-1-2-7-13-22-16(21)14-19-11-10-18-17(19)15-8-4-3-5-9-15;1-9(14)15-13-8-7-12-11(13)10-5-3-2-4-6-10/h3-5,8-11,20H,1-2,6-7,12-14H2;2-8H,1H3. The molecule has 0 fully saturated rings. The minimum Gasteiger partial charge on any atom is -0.464 e. The highest BCUT2D eigenvalue weighted by Crippen LogP contribution is 2.17. The van der Waals surface area contributed by atoms with Crippen LogP contribution in [0.3, 0.4) is 0 Å². The van der Waals surface area contributed by atoms with Gasteiger partial charge in [0.2, 0.25) is 0 Å². The summed E-state index contributed by atoms with van der Waals surface area (Å²) in [6.07, 6.45) is 10.2. The Morgan fingerprint density at radius 1 is 0.811 bits per heavy atom. The first-order chi connectivity index (χ1) is 18.1. The van der Waals surface area contributed by atoms with Gasteiger partial charge in [-0.15, -0.1) is 0 Å². The molecule has 9 nitrogen and oxygen atoms in total. The summed E-state index contributed by atoms with van der Waals surface area (Å²) in [6, 6.07) is 19.3. The van der Waals surface area contributed by atoms with Gasteiger partial charge in [0.25, 0.3) is 0 Å². The lowest BCUT2D eigenvalue weighted by molar-refractivity contribution is -0.144. The van der Waals surface area contributed by atoms with Gasteiger partial charge in [0.1, 0.15) is 12.4 Å². The Balaban J connectivity index is 0.000000220. The van der Waals surface area contributed by atoms with Crippen LogP contribution in [0.5, 0.6) is 0 Å². The highest BCUT2D eigenvalue weighted by Gasteiger charge is 2.10. The number of carbonyl (C=O) groups is 2. The molecule has 2 aromatic carbocycles. The second-order valence-corrected chi connectivity index (χ2v) is 8.13. The van der Waals surface area contributed by atoms with E-state index in [9.17, 15) is 9.59 Å². The molecule has 2 aromatic heterocycles. The van der Waals surface area contributed by atoms with Gasteiger partial charge in [-0.2, -0.15) is 4.73 Å². The highest BCUT2D eigenvalue weighted by molar-refractivity contribution is 5.70. The molecule has 0 bridgehead atoms. The lowest BCUT2D eigenvalue weighted by Gasteiger charge is -2.08. The molecule has 0 radical (unpaired) electrons. The molecule has 0 aliphatic carbocycles. The zero-order chi connectivity index (χ0) is 26.3. The third-order valence-corrected chi connectivity index (χ3v) is 5.23. The zero-order valence-electron chi connectivity index (χ0n) is 20.9. The zero-order valence-corrected chi connectivity index (χ0v) is 20.9. The molecule has 0 spiro atoms. The normalized spacial score (nSPS) is 10.3. The van der Waals surface area contributed by atoms with E-state index in [1.807, 2.05) is 60.7 Å². The quantitative estimate of drug-likeness (QED) is 0.241. The van der Waals surface area contributed by atoms with Crippen LogP contribution in [-0.2, 0) is 20.9 Å². The lowest BCUT2D eigenvalue weighted by atomic mass is 10.2. The number of rotatable bonds is 11. The van der Waals surface area contributed by atoms with Gasteiger partial charge >= 0.3 is 11.9 Å². The van der Waals surface area contributed by atoms with Gasteiger partial charge in [0.15, 0.2) is 5.82 Å². The molecule has 9 heteroatoms. The summed E-state index contributed by atoms with van der Waals surface area (Å²) < 4.78 is 8.39. The van der Waals surface area contributed by atoms with Crippen molar-refractivity contribution in [2.24, 2.45) is 0 Å². The Morgan fingerprint density at radius 3 is 2.05 bits per heavy atom. The predicted molar refractivity (Wildman–Crippen MR) is 139 cm³/mol. The van der Waals surface area contributed by atoms with E-state index >= 15 is 0 Å². The average molecular weight is 505 g/mol. The molecular formula is C28H32N4O5. The predicted octanol–water partition coefficient (Wildman–Crippen LogP) is 4.17. The van der Waals surface area contributed by atoms with Crippen LogP contribution < -0.4 is 4.84 Å². The number of carbonyl (C=O) groups excluding carboxylic acids is 2. The summed E-state index contributed by atoms with van der Waals surface area (Å²) in [5, 5.41) is 8.68. The van der Waals surface area contributed by atoms with E-state index < -0.39 is 0 Å². The summed E-state index contributed by atoms with van der Waals surface area (Å²) in [7, 11) is 0. The number of aliphatic hydroxyl groups is 1. The number of ether oxygens (including phenoxy) is 1. The number of hydrogen-bond acceptors (Lipinski definition) is 7. The fourth-order valence-electron chi connectivity index (χ4n) is 3.52. The van der Waals surface area contributed by atoms with Crippen molar-refractivity contribution in [3.05, 3.63) is 85.5 Å². The molecule has 0 aliphatic heterocycles. The SMILES string of the molecule is CC(=O)On1ccnc1-c1ccccc1.O=C(Cn1ccnc1-c1ccccc1)OCCCCCCO. The molecule has 37 heavy (non-hydrogen) atoms. The fraction of sp³-hybridized carbons (Fsp3) is 0.286. The first-order valence-electron chi connectivity index (χ1n) is 12.2. The van der Waals surface area contributed by atoms with Gasteiger partial charge in [-0.25, -0.2) is 14.8 Å². The van der Waals surface area contributed by atoms with E-state index in [4.69, 9.17) is 14.7 Å². The van der Waals surface area contributed by atoms with Gasteiger partial charge in [0, 0.05) is 43.2 Å². The maximum Gasteiger partial charge on any atom is 0.329 e. The molecule has 0 amide bonds. The second kappa shape index (κ2) is 15.0. The van der Waals surface area contributed by atoms with Crippen LogP contribution in [0.25, 0.3) is 22.8 Å². The minimum atomic E-state index is -0.370. The van der Waals surface area contributed by atoms with E-state index in [1.165, 1.54) is 11.7 Å². The largest absolute Gasteiger partial charge is 0.464 e. The first kappa shape index (κ1) is 27.3. The van der Waals surface area contributed by atoms with Crippen molar-refractivity contribution in [2.75, 3.05) is 13.2 Å². The van der Waals surface area contributed by atoms with E-state index in [0.29, 0.717) is 12.4 Å². The molecule has 0 atom stereocenters. The van der Waals surface area contributed by atoms with Gasteiger partial charge in [-0.1, -0.05) is 67.1 Å². The van der Waals surface area contributed by atoms with E-state index in [2.05, 4.69) is 9.97 Å². The Morgan fingerprint density at radius 2 is 1.41 bits per heavy atom. The maximum atomic E-state index is 11.9. The summed E-state index contributed by atoms with van der Waals surface area (Å²) >= 11 is 0. The monoisotopic (exact) mass is 504 g/mol. The molecular weight excluding hydrogens is 472 g/mol. The molecule has 0 unspecified atom stereocenters. The first-order valence-corrected chi connectivity index (χ1v) is 12.2. The van der Waals surface area contributed by atoms with E-state index in [0.717, 1.165) is 42.6 Å². The second-order valence-electron chi connectivity index (χ2n) is 8.13. The average Bonchev–Trinajstić information content (AvgIpc) is 3.57. The number of hydrogen-bond donors (Lipinski definition) is 1. The summed E-state index contributed by atoms with van der Waals surface area (Å²) in [4.78, 5) is 36.1. The number of nitrogens with zero attached hydrogens (tertiary/aromatic N) is 4. The number of aliphatic hydroxyl groups excluding tert-OH is 1. The smallest absolute Gasteiger partial charge is 0.329 e. The fourth-order valence-corrected chi connectivity index (χ4v) is 3.52. The molecule has 0 aliphatic rings. The van der Waals surface area contributed by atoms with Gasteiger partial charge < -0.3 is 19.2 Å². The maximum absolute atomic E-state index is 11.9. The number of unbranched alkanes of at least 4 members (excludes halogenated alkanes) is 3. The van der Waals surface area contributed by atoms with Crippen molar-refractivity contribution in [1.82, 2.24) is 19.3 Å². The van der Waals surface area contributed by atoms with E-state index in [-0.39, 0.29) is 25.1 Å². The van der Waals surface area contributed by atoms with Crippen LogP contribution in [0.15, 0.2) is 85.5 Å². The number of aromatic nitrogens is 4. The van der Waals surface area contributed by atoms with Crippen LogP contribution in [0, 0.1) is 0 Å². The topological polar surface area (TPSA) is 108 Å². The van der Waals surface area contributed by atoms with Gasteiger partial charge in [-0.05, 0) is 19.3 Å². The molecule has 2 heterocycles. The number of benzene rings is 2. The minimum absolute atomic E-state index is 0.168.